The lowest BCUT2D eigenvalue weighted by Gasteiger charge is -2.11. The summed E-state index contributed by atoms with van der Waals surface area (Å²) in [4.78, 5) is 26.6. The van der Waals surface area contributed by atoms with Gasteiger partial charge in [0.15, 0.2) is 0 Å². The minimum Gasteiger partial charge on any atom is -0.480 e. The number of amides is 2. The molecule has 1 rings (SSSR count). The smallest absolute Gasteiger partial charge is 0.254 e. The van der Waals surface area contributed by atoms with Crippen LogP contribution in [0, 0.1) is 0 Å². The highest BCUT2D eigenvalue weighted by molar-refractivity contribution is 5.98. The summed E-state index contributed by atoms with van der Waals surface area (Å²) in [6.45, 7) is 1.80. The molecule has 98 valence electrons. The maximum absolute atomic E-state index is 11.6. The van der Waals surface area contributed by atoms with Crippen molar-refractivity contribution in [1.82, 2.24) is 4.98 Å². The quantitative estimate of drug-likeness (QED) is 0.673. The van der Waals surface area contributed by atoms with Crippen molar-refractivity contribution in [3.05, 3.63) is 17.8 Å². The third kappa shape index (κ3) is 3.17. The number of nitrogens with two attached hydrogens (primary N) is 2. The summed E-state index contributed by atoms with van der Waals surface area (Å²) in [7, 11) is 1.38. The molecule has 7 nitrogen and oxygen atoms in total. The highest BCUT2D eigenvalue weighted by atomic mass is 16.5. The SMILES string of the molecule is CC[C@H](N)C(=O)Nc1cnc(OC)c(C(N)=O)c1. The van der Waals surface area contributed by atoms with Crippen molar-refractivity contribution in [2.24, 2.45) is 11.5 Å². The van der Waals surface area contributed by atoms with Crippen LogP contribution in [0.1, 0.15) is 23.7 Å². The van der Waals surface area contributed by atoms with E-state index >= 15 is 0 Å². The Kier molecular flexibility index (Phi) is 4.61. The van der Waals surface area contributed by atoms with Gasteiger partial charge in [0.2, 0.25) is 11.8 Å². The molecule has 1 atom stereocenters. The molecule has 0 bridgehead atoms. The molecule has 0 unspecified atom stereocenters. The van der Waals surface area contributed by atoms with Crippen molar-refractivity contribution in [3.8, 4) is 5.88 Å². The standard InChI is InChI=1S/C11H16N4O3/c1-3-8(12)10(17)15-6-4-7(9(13)16)11(18-2)14-5-6/h4-5,8H,3,12H2,1-2H3,(H2,13,16)(H,15,17)/t8-/m0/s1. The van der Waals surface area contributed by atoms with Crippen LogP contribution in [0.15, 0.2) is 12.3 Å². The highest BCUT2D eigenvalue weighted by Gasteiger charge is 2.15. The molecule has 0 fully saturated rings. The summed E-state index contributed by atoms with van der Waals surface area (Å²) in [5.74, 6) is -0.921. The van der Waals surface area contributed by atoms with Crippen LogP contribution in [0.25, 0.3) is 0 Å². The van der Waals surface area contributed by atoms with E-state index in [0.717, 1.165) is 0 Å². The second kappa shape index (κ2) is 5.97. The van der Waals surface area contributed by atoms with Crippen molar-refractivity contribution >= 4 is 17.5 Å². The normalized spacial score (nSPS) is 11.7. The van der Waals surface area contributed by atoms with Crippen molar-refractivity contribution in [2.75, 3.05) is 12.4 Å². The van der Waals surface area contributed by atoms with Gasteiger partial charge >= 0.3 is 0 Å². The molecule has 0 aromatic carbocycles. The third-order valence-corrected chi connectivity index (χ3v) is 2.35. The molecule has 0 aliphatic rings. The number of anilines is 1. The predicted octanol–water partition coefficient (Wildman–Crippen LogP) is -0.135. The molecule has 0 saturated heterocycles. The Hall–Kier alpha value is -2.15. The van der Waals surface area contributed by atoms with Gasteiger partial charge in [-0.2, -0.15) is 0 Å². The molecule has 1 aromatic heterocycles. The zero-order valence-corrected chi connectivity index (χ0v) is 10.3. The molecule has 0 aliphatic heterocycles. The van der Waals surface area contributed by atoms with E-state index < -0.39 is 11.9 Å². The van der Waals surface area contributed by atoms with Gasteiger partial charge in [-0.15, -0.1) is 0 Å². The van der Waals surface area contributed by atoms with Crippen LogP contribution in [-0.2, 0) is 4.79 Å². The van der Waals surface area contributed by atoms with Crippen LogP contribution in [0.5, 0.6) is 5.88 Å². The number of ether oxygens (including phenoxy) is 1. The number of nitrogens with one attached hydrogen (secondary N) is 1. The zero-order chi connectivity index (χ0) is 13.7. The number of pyridine rings is 1. The predicted molar refractivity (Wildman–Crippen MR) is 66.2 cm³/mol. The van der Waals surface area contributed by atoms with Crippen LogP contribution >= 0.6 is 0 Å². The van der Waals surface area contributed by atoms with Gasteiger partial charge in [0.1, 0.15) is 5.56 Å². The van der Waals surface area contributed by atoms with Gasteiger partial charge in [-0.25, -0.2) is 4.98 Å². The molecule has 0 radical (unpaired) electrons. The first kappa shape index (κ1) is 13.9. The molecule has 0 aliphatic carbocycles. The summed E-state index contributed by atoms with van der Waals surface area (Å²) in [6.07, 6.45) is 1.88. The van der Waals surface area contributed by atoms with Crippen LogP contribution < -0.4 is 21.5 Å². The van der Waals surface area contributed by atoms with Crippen LogP contribution in [0.3, 0.4) is 0 Å². The number of primary amides is 1. The monoisotopic (exact) mass is 252 g/mol. The summed E-state index contributed by atoms with van der Waals surface area (Å²) in [5, 5.41) is 2.55. The molecular weight excluding hydrogens is 236 g/mol. The van der Waals surface area contributed by atoms with Crippen molar-refractivity contribution in [3.63, 3.8) is 0 Å². The fourth-order valence-corrected chi connectivity index (χ4v) is 1.28. The Labute approximate surface area is 105 Å². The fourth-order valence-electron chi connectivity index (χ4n) is 1.28. The van der Waals surface area contributed by atoms with Gasteiger partial charge in [-0.3, -0.25) is 9.59 Å². The summed E-state index contributed by atoms with van der Waals surface area (Å²) in [5.41, 5.74) is 11.2. The Morgan fingerprint density at radius 2 is 2.22 bits per heavy atom. The largest absolute Gasteiger partial charge is 0.480 e. The van der Waals surface area contributed by atoms with Crippen molar-refractivity contribution < 1.29 is 14.3 Å². The minimum atomic E-state index is -0.685. The second-order valence-corrected chi connectivity index (χ2v) is 3.65. The molecular formula is C11H16N4O3. The topological polar surface area (TPSA) is 120 Å². The fraction of sp³-hybridized carbons (Fsp3) is 0.364. The van der Waals surface area contributed by atoms with Crippen molar-refractivity contribution in [1.29, 1.82) is 0 Å². The van der Waals surface area contributed by atoms with E-state index in [-0.39, 0.29) is 17.4 Å². The van der Waals surface area contributed by atoms with E-state index in [4.69, 9.17) is 16.2 Å². The minimum absolute atomic E-state index is 0.0976. The summed E-state index contributed by atoms with van der Waals surface area (Å²) >= 11 is 0. The molecule has 18 heavy (non-hydrogen) atoms. The van der Waals surface area contributed by atoms with Gasteiger partial charge in [-0.05, 0) is 12.5 Å². The Balaban J connectivity index is 2.95. The molecule has 7 heteroatoms. The van der Waals surface area contributed by atoms with Gasteiger partial charge in [-0.1, -0.05) is 6.92 Å². The number of carbonyl (C=O) groups excluding carboxylic acids is 2. The summed E-state index contributed by atoms with van der Waals surface area (Å²) < 4.78 is 4.89. The maximum Gasteiger partial charge on any atom is 0.254 e. The van der Waals surface area contributed by atoms with Crippen LogP contribution in [-0.4, -0.2) is 29.9 Å². The van der Waals surface area contributed by atoms with Crippen LogP contribution in [0.2, 0.25) is 0 Å². The average molecular weight is 252 g/mol. The molecule has 5 N–H and O–H groups in total. The number of methoxy groups -OCH3 is 1. The summed E-state index contributed by atoms with van der Waals surface area (Å²) in [6, 6.07) is 0.790. The van der Waals surface area contributed by atoms with E-state index in [1.54, 1.807) is 6.92 Å². The van der Waals surface area contributed by atoms with Crippen LogP contribution in [0.4, 0.5) is 5.69 Å². The lowest BCUT2D eigenvalue weighted by atomic mass is 10.2. The molecule has 2 amide bonds. The van der Waals surface area contributed by atoms with E-state index in [9.17, 15) is 9.59 Å². The lowest BCUT2D eigenvalue weighted by molar-refractivity contribution is -0.117. The molecule has 0 saturated carbocycles. The molecule has 1 heterocycles. The number of carbonyl (C=O) groups is 2. The second-order valence-electron chi connectivity index (χ2n) is 3.65. The number of hydrogen-bond donors (Lipinski definition) is 3. The van der Waals surface area contributed by atoms with E-state index in [0.29, 0.717) is 12.1 Å². The van der Waals surface area contributed by atoms with E-state index in [1.807, 2.05) is 0 Å². The highest BCUT2D eigenvalue weighted by Crippen LogP contribution is 2.18. The number of nitrogens with zero attached hydrogens (tertiary/aromatic N) is 1. The Morgan fingerprint density at radius 3 is 2.72 bits per heavy atom. The van der Waals surface area contributed by atoms with Gasteiger partial charge in [0, 0.05) is 0 Å². The number of hydrogen-bond acceptors (Lipinski definition) is 5. The maximum atomic E-state index is 11.6. The Bertz CT molecular complexity index is 462. The molecule has 0 spiro atoms. The van der Waals surface area contributed by atoms with Gasteiger partial charge < -0.3 is 21.5 Å². The lowest BCUT2D eigenvalue weighted by Crippen LogP contribution is -2.34. The van der Waals surface area contributed by atoms with E-state index in [1.165, 1.54) is 19.4 Å². The zero-order valence-electron chi connectivity index (χ0n) is 10.3. The first-order valence-corrected chi connectivity index (χ1v) is 5.39. The number of aromatic nitrogens is 1. The average Bonchev–Trinajstić information content (AvgIpc) is 2.37. The van der Waals surface area contributed by atoms with Gasteiger partial charge in [0.05, 0.1) is 25.0 Å². The first-order chi connectivity index (χ1) is 8.49. The van der Waals surface area contributed by atoms with Crippen molar-refractivity contribution in [2.45, 2.75) is 19.4 Å². The Morgan fingerprint density at radius 1 is 1.56 bits per heavy atom. The van der Waals surface area contributed by atoms with E-state index in [2.05, 4.69) is 10.3 Å². The third-order valence-electron chi connectivity index (χ3n) is 2.35. The molecule has 1 aromatic rings. The number of rotatable bonds is 5. The first-order valence-electron chi connectivity index (χ1n) is 5.39. The van der Waals surface area contributed by atoms with Gasteiger partial charge in [0.25, 0.3) is 5.91 Å².